The molecule has 0 unspecified atom stereocenters. The molecule has 0 amide bonds. The molecule has 0 aliphatic heterocycles. The Morgan fingerprint density at radius 3 is 2.56 bits per heavy atom. The molecule has 0 saturated heterocycles. The number of carbonyl (C=O) groups is 1. The lowest BCUT2D eigenvalue weighted by Gasteiger charge is -2.10. The van der Waals surface area contributed by atoms with E-state index >= 15 is 0 Å². The largest absolute Gasteiger partial charge is 0.497 e. The van der Waals surface area contributed by atoms with Gasteiger partial charge in [0.05, 0.1) is 13.5 Å². The third kappa shape index (κ3) is 4.03. The van der Waals surface area contributed by atoms with Gasteiger partial charge >= 0.3 is 11.6 Å². The van der Waals surface area contributed by atoms with Crippen LogP contribution in [-0.2, 0) is 11.2 Å². The van der Waals surface area contributed by atoms with Crippen molar-refractivity contribution < 1.29 is 18.7 Å². The minimum Gasteiger partial charge on any atom is -0.497 e. The summed E-state index contributed by atoms with van der Waals surface area (Å²) in [4.78, 5) is 24.6. The molecule has 0 spiro atoms. The van der Waals surface area contributed by atoms with E-state index in [1.165, 1.54) is 0 Å². The van der Waals surface area contributed by atoms with Gasteiger partial charge in [-0.05, 0) is 56.5 Å². The van der Waals surface area contributed by atoms with E-state index in [-0.39, 0.29) is 18.8 Å². The highest BCUT2D eigenvalue weighted by Gasteiger charge is 2.15. The molecular formula is C22H22O5. The highest BCUT2D eigenvalue weighted by Crippen LogP contribution is 2.25. The maximum Gasteiger partial charge on any atom is 0.339 e. The average Bonchev–Trinajstić information content (AvgIpc) is 2.63. The van der Waals surface area contributed by atoms with Crippen molar-refractivity contribution in [2.24, 2.45) is 0 Å². The van der Waals surface area contributed by atoms with Gasteiger partial charge in [-0.2, -0.15) is 0 Å². The number of methoxy groups -OCH3 is 1. The highest BCUT2D eigenvalue weighted by atomic mass is 16.5. The molecule has 5 heteroatoms. The van der Waals surface area contributed by atoms with Gasteiger partial charge in [0.1, 0.15) is 17.1 Å². The average molecular weight is 366 g/mol. The van der Waals surface area contributed by atoms with Crippen LogP contribution in [0.5, 0.6) is 11.5 Å². The van der Waals surface area contributed by atoms with Crippen LogP contribution in [0, 0.1) is 20.8 Å². The summed E-state index contributed by atoms with van der Waals surface area (Å²) < 4.78 is 16.0. The number of aryl methyl sites for hydroxylation is 3. The van der Waals surface area contributed by atoms with Crippen LogP contribution in [0.2, 0.25) is 0 Å². The molecule has 27 heavy (non-hydrogen) atoms. The van der Waals surface area contributed by atoms with Gasteiger partial charge in [0.15, 0.2) is 0 Å². The quantitative estimate of drug-likeness (QED) is 0.383. The molecule has 140 valence electrons. The molecular weight excluding hydrogens is 344 g/mol. The third-order valence-electron chi connectivity index (χ3n) is 4.63. The van der Waals surface area contributed by atoms with E-state index in [9.17, 15) is 9.59 Å². The molecule has 1 aromatic heterocycles. The Morgan fingerprint density at radius 1 is 1.07 bits per heavy atom. The normalized spacial score (nSPS) is 10.8. The van der Waals surface area contributed by atoms with Crippen molar-refractivity contribution in [3.63, 3.8) is 0 Å². The van der Waals surface area contributed by atoms with Gasteiger partial charge in [0.25, 0.3) is 0 Å². The van der Waals surface area contributed by atoms with Crippen LogP contribution in [0.4, 0.5) is 0 Å². The number of ether oxygens (including phenoxy) is 2. The lowest BCUT2D eigenvalue weighted by molar-refractivity contribution is -0.134. The van der Waals surface area contributed by atoms with Crippen LogP contribution in [-0.4, -0.2) is 13.1 Å². The fourth-order valence-corrected chi connectivity index (χ4v) is 3.11. The fourth-order valence-electron chi connectivity index (χ4n) is 3.11. The van der Waals surface area contributed by atoms with Crippen LogP contribution >= 0.6 is 0 Å². The number of benzene rings is 2. The number of hydrogen-bond acceptors (Lipinski definition) is 5. The summed E-state index contributed by atoms with van der Waals surface area (Å²) in [6, 6.07) is 11.0. The van der Waals surface area contributed by atoms with E-state index in [4.69, 9.17) is 13.9 Å². The molecule has 0 atom stereocenters. The van der Waals surface area contributed by atoms with Gasteiger partial charge in [-0.25, -0.2) is 4.79 Å². The van der Waals surface area contributed by atoms with E-state index in [1.807, 2.05) is 45.0 Å². The second-order valence-corrected chi connectivity index (χ2v) is 6.60. The highest BCUT2D eigenvalue weighted by molar-refractivity contribution is 5.82. The molecule has 0 fully saturated rings. The lowest BCUT2D eigenvalue weighted by Crippen LogP contribution is -2.15. The Bertz CT molecular complexity index is 1060. The summed E-state index contributed by atoms with van der Waals surface area (Å²) in [7, 11) is 1.56. The van der Waals surface area contributed by atoms with Crippen molar-refractivity contribution in [1.82, 2.24) is 0 Å². The predicted molar refractivity (Wildman–Crippen MR) is 104 cm³/mol. The summed E-state index contributed by atoms with van der Waals surface area (Å²) in [6.07, 6.45) is 0.362. The first-order valence-electron chi connectivity index (χ1n) is 8.77. The lowest BCUT2D eigenvalue weighted by atomic mass is 10.0. The summed E-state index contributed by atoms with van der Waals surface area (Å²) in [5.41, 5.74) is 3.34. The number of carbonyl (C=O) groups excluding carboxylic acids is 1. The topological polar surface area (TPSA) is 65.7 Å². The molecule has 0 N–H and O–H groups in total. The van der Waals surface area contributed by atoms with Gasteiger partial charge in [-0.15, -0.1) is 0 Å². The van der Waals surface area contributed by atoms with Crippen LogP contribution in [0.1, 0.15) is 28.7 Å². The Morgan fingerprint density at radius 2 is 1.85 bits per heavy atom. The second kappa shape index (κ2) is 7.66. The molecule has 2 aromatic carbocycles. The first-order valence-corrected chi connectivity index (χ1v) is 8.77. The summed E-state index contributed by atoms with van der Waals surface area (Å²) >= 11 is 0. The van der Waals surface area contributed by atoms with Crippen molar-refractivity contribution in [1.29, 1.82) is 0 Å². The maximum atomic E-state index is 12.4. The SMILES string of the molecule is COc1ccc2c(C)c(CCC(=O)Oc3ccc(C)cc3C)c(=O)oc2c1. The van der Waals surface area contributed by atoms with Gasteiger partial charge in [-0.1, -0.05) is 17.7 Å². The van der Waals surface area contributed by atoms with Gasteiger partial charge in [0, 0.05) is 17.0 Å². The standard InChI is InChI=1S/C22H22O5/c1-13-5-9-19(14(2)11-13)26-21(23)10-8-18-15(3)17-7-6-16(25-4)12-20(17)27-22(18)24/h5-7,9,11-12H,8,10H2,1-4H3. The van der Waals surface area contributed by atoms with E-state index in [0.29, 0.717) is 22.6 Å². The van der Waals surface area contributed by atoms with Gasteiger partial charge < -0.3 is 13.9 Å². The first-order chi connectivity index (χ1) is 12.9. The van der Waals surface area contributed by atoms with E-state index in [2.05, 4.69) is 0 Å². The summed E-state index contributed by atoms with van der Waals surface area (Å²) in [5, 5.41) is 0.827. The zero-order chi connectivity index (χ0) is 19.6. The van der Waals surface area contributed by atoms with Gasteiger partial charge in [0.2, 0.25) is 0 Å². The molecule has 0 radical (unpaired) electrons. The van der Waals surface area contributed by atoms with Crippen molar-refractivity contribution in [3.05, 3.63) is 69.1 Å². The Labute approximate surface area is 157 Å². The third-order valence-corrected chi connectivity index (χ3v) is 4.63. The second-order valence-electron chi connectivity index (χ2n) is 6.60. The predicted octanol–water partition coefficient (Wildman–Crippen LogP) is 4.27. The minimum absolute atomic E-state index is 0.0978. The summed E-state index contributed by atoms with van der Waals surface area (Å²) in [5.74, 6) is 0.783. The fraction of sp³-hybridized carbons (Fsp3) is 0.273. The molecule has 3 rings (SSSR count). The number of rotatable bonds is 5. The van der Waals surface area contributed by atoms with Crippen LogP contribution in [0.25, 0.3) is 11.0 Å². The molecule has 1 heterocycles. The van der Waals surface area contributed by atoms with Crippen molar-refractivity contribution >= 4 is 16.9 Å². The smallest absolute Gasteiger partial charge is 0.339 e. The zero-order valence-electron chi connectivity index (χ0n) is 15.9. The van der Waals surface area contributed by atoms with E-state index in [0.717, 1.165) is 22.1 Å². The first kappa shape index (κ1) is 18.7. The molecule has 0 saturated carbocycles. The molecule has 3 aromatic rings. The van der Waals surface area contributed by atoms with Crippen molar-refractivity contribution in [2.75, 3.05) is 7.11 Å². The van der Waals surface area contributed by atoms with Crippen molar-refractivity contribution in [2.45, 2.75) is 33.6 Å². The summed E-state index contributed by atoms with van der Waals surface area (Å²) in [6.45, 7) is 5.73. The zero-order valence-corrected chi connectivity index (χ0v) is 15.9. The molecule has 0 bridgehead atoms. The van der Waals surface area contributed by atoms with Gasteiger partial charge in [-0.3, -0.25) is 4.79 Å². The van der Waals surface area contributed by atoms with E-state index in [1.54, 1.807) is 19.2 Å². The van der Waals surface area contributed by atoms with Crippen molar-refractivity contribution in [3.8, 4) is 11.5 Å². The van der Waals surface area contributed by atoms with Crippen LogP contribution < -0.4 is 15.1 Å². The number of hydrogen-bond donors (Lipinski definition) is 0. The van der Waals surface area contributed by atoms with E-state index < -0.39 is 5.63 Å². The monoisotopic (exact) mass is 366 g/mol. The van der Waals surface area contributed by atoms with Crippen LogP contribution in [0.3, 0.4) is 0 Å². The minimum atomic E-state index is -0.437. The molecule has 5 nitrogen and oxygen atoms in total. The molecule has 0 aliphatic carbocycles. The van der Waals surface area contributed by atoms with Crippen LogP contribution in [0.15, 0.2) is 45.6 Å². The molecule has 0 aliphatic rings. The number of esters is 1. The number of fused-ring (bicyclic) bond motifs is 1. The Balaban J connectivity index is 1.78. The Hall–Kier alpha value is -3.08. The maximum absolute atomic E-state index is 12.4. The Kier molecular flexibility index (Phi) is 5.31.